The number of carbonyl (C=O) groups excluding carboxylic acids is 1. The van der Waals surface area contributed by atoms with Crippen molar-refractivity contribution in [3.63, 3.8) is 0 Å². The first-order chi connectivity index (χ1) is 15.1. The van der Waals surface area contributed by atoms with Crippen molar-refractivity contribution in [3.05, 3.63) is 34.9 Å². The van der Waals surface area contributed by atoms with E-state index in [1.807, 2.05) is 6.08 Å². The SMILES string of the molecule is CCCCCCCCCCCCCCCCCCCC=CC(=O)n1ccc(N)nc1=O. The second-order valence-corrected chi connectivity index (χ2v) is 8.69. The summed E-state index contributed by atoms with van der Waals surface area (Å²) in [4.78, 5) is 27.1. The van der Waals surface area contributed by atoms with Gasteiger partial charge in [0.1, 0.15) is 5.82 Å². The van der Waals surface area contributed by atoms with Gasteiger partial charge in [-0.2, -0.15) is 4.98 Å². The number of anilines is 1. The Morgan fingerprint density at radius 1 is 0.839 bits per heavy atom. The Kier molecular flexibility index (Phi) is 16.5. The summed E-state index contributed by atoms with van der Waals surface area (Å²) in [7, 11) is 0. The van der Waals surface area contributed by atoms with Crippen molar-refractivity contribution < 1.29 is 4.79 Å². The van der Waals surface area contributed by atoms with E-state index < -0.39 is 5.69 Å². The highest BCUT2D eigenvalue weighted by Crippen LogP contribution is 2.14. The van der Waals surface area contributed by atoms with Crippen molar-refractivity contribution in [2.45, 2.75) is 122 Å². The molecule has 2 N–H and O–H groups in total. The van der Waals surface area contributed by atoms with Crippen LogP contribution in [0.5, 0.6) is 0 Å². The van der Waals surface area contributed by atoms with Crippen LogP contribution in [-0.4, -0.2) is 15.5 Å². The van der Waals surface area contributed by atoms with Crippen LogP contribution in [0.2, 0.25) is 0 Å². The molecule has 176 valence electrons. The summed E-state index contributed by atoms with van der Waals surface area (Å²) in [6, 6.07) is 1.45. The molecule has 0 saturated heterocycles. The van der Waals surface area contributed by atoms with E-state index in [1.54, 1.807) is 0 Å². The first kappa shape index (κ1) is 27.1. The molecule has 0 saturated carbocycles. The van der Waals surface area contributed by atoms with Gasteiger partial charge in [0.05, 0.1) is 0 Å². The van der Waals surface area contributed by atoms with E-state index in [0.717, 1.165) is 17.4 Å². The highest BCUT2D eigenvalue weighted by molar-refractivity contribution is 5.89. The second kappa shape index (κ2) is 18.8. The molecule has 5 heteroatoms. The van der Waals surface area contributed by atoms with Gasteiger partial charge in [0.15, 0.2) is 0 Å². The summed E-state index contributed by atoms with van der Waals surface area (Å²) >= 11 is 0. The summed E-state index contributed by atoms with van der Waals surface area (Å²) in [6.45, 7) is 2.28. The fraction of sp³-hybridized carbons (Fsp3) is 0.731. The maximum Gasteiger partial charge on any atom is 0.356 e. The van der Waals surface area contributed by atoms with Crippen LogP contribution in [0.4, 0.5) is 5.82 Å². The zero-order valence-corrected chi connectivity index (χ0v) is 19.8. The number of nitrogens with zero attached hydrogens (tertiary/aromatic N) is 2. The van der Waals surface area contributed by atoms with Gasteiger partial charge < -0.3 is 5.73 Å². The van der Waals surface area contributed by atoms with Crippen LogP contribution in [-0.2, 0) is 0 Å². The normalized spacial score (nSPS) is 11.4. The molecule has 0 aliphatic heterocycles. The predicted molar refractivity (Wildman–Crippen MR) is 131 cm³/mol. The Bertz CT molecular complexity index is 667. The lowest BCUT2D eigenvalue weighted by Gasteiger charge is -2.03. The van der Waals surface area contributed by atoms with E-state index in [4.69, 9.17) is 5.73 Å². The van der Waals surface area contributed by atoms with Crippen LogP contribution in [0.1, 0.15) is 127 Å². The molecule has 0 aliphatic carbocycles. The van der Waals surface area contributed by atoms with E-state index in [-0.39, 0.29) is 11.7 Å². The maximum absolute atomic E-state index is 12.0. The molecule has 0 bridgehead atoms. The van der Waals surface area contributed by atoms with Gasteiger partial charge in [-0.25, -0.2) is 9.36 Å². The zero-order chi connectivity index (χ0) is 22.6. The van der Waals surface area contributed by atoms with Crippen molar-refractivity contribution in [2.75, 3.05) is 5.73 Å². The van der Waals surface area contributed by atoms with Gasteiger partial charge in [-0.05, 0) is 25.0 Å². The number of nitrogens with two attached hydrogens (primary N) is 1. The molecule has 0 unspecified atom stereocenters. The number of allylic oxidation sites excluding steroid dienone is 2. The Balaban J connectivity index is 1.86. The van der Waals surface area contributed by atoms with Crippen molar-refractivity contribution in [1.29, 1.82) is 0 Å². The average Bonchev–Trinajstić information content (AvgIpc) is 2.75. The maximum atomic E-state index is 12.0. The molecule has 0 spiro atoms. The number of hydrogen-bond acceptors (Lipinski definition) is 4. The topological polar surface area (TPSA) is 78.0 Å². The Hall–Kier alpha value is -1.91. The minimum Gasteiger partial charge on any atom is -0.383 e. The summed E-state index contributed by atoms with van der Waals surface area (Å²) in [6.07, 6.45) is 28.6. The number of aromatic nitrogens is 2. The largest absolute Gasteiger partial charge is 0.383 e. The smallest absolute Gasteiger partial charge is 0.356 e. The highest BCUT2D eigenvalue weighted by atomic mass is 16.2. The van der Waals surface area contributed by atoms with Crippen molar-refractivity contribution in [2.24, 2.45) is 0 Å². The van der Waals surface area contributed by atoms with Crippen LogP contribution >= 0.6 is 0 Å². The standard InChI is InChI=1S/C26H45N3O2/c1-2-3-4-5-6-7-8-9-10-11-12-13-14-15-16-17-18-19-20-21-25(30)29-23-22-24(27)28-26(29)31/h20-23H,2-19H2,1H3,(H2,27,28,31). The van der Waals surface area contributed by atoms with Gasteiger partial charge in [-0.3, -0.25) is 4.79 Å². The van der Waals surface area contributed by atoms with Crippen molar-refractivity contribution >= 4 is 11.7 Å². The molecule has 0 atom stereocenters. The molecule has 0 radical (unpaired) electrons. The number of unbranched alkanes of at least 4 members (excludes halogenated alkanes) is 17. The Morgan fingerprint density at radius 2 is 1.29 bits per heavy atom. The van der Waals surface area contributed by atoms with Gasteiger partial charge in [0, 0.05) is 6.20 Å². The molecule has 1 aromatic rings. The Morgan fingerprint density at radius 3 is 1.74 bits per heavy atom. The minimum atomic E-state index is -0.632. The van der Waals surface area contributed by atoms with Crippen LogP contribution in [0.15, 0.2) is 29.2 Å². The summed E-state index contributed by atoms with van der Waals surface area (Å²) in [5.74, 6) is -0.244. The molecular formula is C26H45N3O2. The lowest BCUT2D eigenvalue weighted by Crippen LogP contribution is -2.27. The molecule has 1 aromatic heterocycles. The van der Waals surface area contributed by atoms with E-state index >= 15 is 0 Å². The fourth-order valence-electron chi connectivity index (χ4n) is 3.84. The third-order valence-corrected chi connectivity index (χ3v) is 5.80. The monoisotopic (exact) mass is 431 g/mol. The molecule has 0 aliphatic rings. The van der Waals surface area contributed by atoms with Gasteiger partial charge >= 0.3 is 5.69 Å². The van der Waals surface area contributed by atoms with Gasteiger partial charge in [-0.15, -0.1) is 0 Å². The van der Waals surface area contributed by atoms with Gasteiger partial charge in [0.25, 0.3) is 5.91 Å². The third kappa shape index (κ3) is 14.7. The third-order valence-electron chi connectivity index (χ3n) is 5.80. The van der Waals surface area contributed by atoms with E-state index in [1.165, 1.54) is 121 Å². The van der Waals surface area contributed by atoms with Crippen LogP contribution in [0.25, 0.3) is 0 Å². The average molecular weight is 432 g/mol. The number of nitrogen functional groups attached to an aromatic ring is 1. The minimum absolute atomic E-state index is 0.126. The van der Waals surface area contributed by atoms with Gasteiger partial charge in [-0.1, -0.05) is 116 Å². The lowest BCUT2D eigenvalue weighted by molar-refractivity contribution is 0.0963. The molecular weight excluding hydrogens is 386 g/mol. The summed E-state index contributed by atoms with van der Waals surface area (Å²) < 4.78 is 0.974. The molecule has 0 aromatic carbocycles. The van der Waals surface area contributed by atoms with E-state index in [0.29, 0.717) is 0 Å². The summed E-state index contributed by atoms with van der Waals surface area (Å²) in [5.41, 5.74) is 4.79. The number of carbonyl (C=O) groups is 1. The van der Waals surface area contributed by atoms with Crippen LogP contribution in [0, 0.1) is 0 Å². The van der Waals surface area contributed by atoms with Crippen molar-refractivity contribution in [1.82, 2.24) is 9.55 Å². The first-order valence-corrected chi connectivity index (χ1v) is 12.7. The van der Waals surface area contributed by atoms with Crippen LogP contribution in [0.3, 0.4) is 0 Å². The molecule has 1 rings (SSSR count). The van der Waals surface area contributed by atoms with Crippen molar-refractivity contribution in [3.8, 4) is 0 Å². The quantitative estimate of drug-likeness (QED) is 0.188. The fourth-order valence-corrected chi connectivity index (χ4v) is 3.84. The molecule has 31 heavy (non-hydrogen) atoms. The molecule has 1 heterocycles. The number of rotatable bonds is 19. The second-order valence-electron chi connectivity index (χ2n) is 8.69. The zero-order valence-electron chi connectivity index (χ0n) is 19.8. The van der Waals surface area contributed by atoms with E-state index in [2.05, 4.69) is 11.9 Å². The lowest BCUT2D eigenvalue weighted by atomic mass is 10.0. The van der Waals surface area contributed by atoms with Gasteiger partial charge in [0.2, 0.25) is 0 Å². The highest BCUT2D eigenvalue weighted by Gasteiger charge is 2.03. The molecule has 0 amide bonds. The first-order valence-electron chi connectivity index (χ1n) is 12.7. The van der Waals surface area contributed by atoms with E-state index in [9.17, 15) is 9.59 Å². The molecule has 5 nitrogen and oxygen atoms in total. The number of hydrogen-bond donors (Lipinski definition) is 1. The Labute approximate surface area is 189 Å². The summed E-state index contributed by atoms with van der Waals surface area (Å²) in [5, 5.41) is 0. The van der Waals surface area contributed by atoms with Crippen LogP contribution < -0.4 is 11.4 Å². The predicted octanol–water partition coefficient (Wildman–Crippen LogP) is 7.06. The molecule has 0 fully saturated rings.